The van der Waals surface area contributed by atoms with Crippen LogP contribution in [0.3, 0.4) is 0 Å². The van der Waals surface area contributed by atoms with E-state index in [0.717, 1.165) is 41.6 Å². The molecule has 0 aromatic heterocycles. The quantitative estimate of drug-likeness (QED) is 0.823. The maximum absolute atomic E-state index is 12.9. The molecule has 0 heterocycles. The molecule has 1 aliphatic carbocycles. The molecule has 0 saturated heterocycles. The first-order chi connectivity index (χ1) is 10.1. The van der Waals surface area contributed by atoms with E-state index >= 15 is 0 Å². The zero-order valence-electron chi connectivity index (χ0n) is 13.3. The molecule has 0 radical (unpaired) electrons. The van der Waals surface area contributed by atoms with Gasteiger partial charge in [0.05, 0.1) is 6.61 Å². The summed E-state index contributed by atoms with van der Waals surface area (Å²) in [5, 5.41) is 0. The fraction of sp³-hybridized carbons (Fsp3) is 0.500. The molecule has 0 spiro atoms. The smallest absolute Gasteiger partial charge is 0.258 e. The Morgan fingerprint density at radius 1 is 1.19 bits per heavy atom. The van der Waals surface area contributed by atoms with Crippen LogP contribution < -0.4 is 0 Å². The predicted octanol–water partition coefficient (Wildman–Crippen LogP) is 3.85. The van der Waals surface area contributed by atoms with Crippen LogP contribution in [0.2, 0.25) is 0 Å². The van der Waals surface area contributed by atoms with Gasteiger partial charge in [0.15, 0.2) is 0 Å². The van der Waals surface area contributed by atoms with Gasteiger partial charge in [-0.3, -0.25) is 4.79 Å². The molecule has 0 atom stereocenters. The van der Waals surface area contributed by atoms with Crippen LogP contribution in [0.25, 0.3) is 0 Å². The van der Waals surface area contributed by atoms with Gasteiger partial charge in [0.1, 0.15) is 0 Å². The SMILES string of the molecule is COCCN(C(=O)c1cc(C)cc(C)c1)C1=CCCCC1. The molecule has 0 unspecified atom stereocenters. The van der Waals surface area contributed by atoms with E-state index in [0.29, 0.717) is 13.2 Å². The van der Waals surface area contributed by atoms with E-state index in [9.17, 15) is 4.79 Å². The van der Waals surface area contributed by atoms with Gasteiger partial charge >= 0.3 is 0 Å². The first-order valence-corrected chi connectivity index (χ1v) is 7.70. The molecule has 0 aliphatic heterocycles. The fourth-order valence-electron chi connectivity index (χ4n) is 2.88. The topological polar surface area (TPSA) is 29.5 Å². The van der Waals surface area contributed by atoms with Gasteiger partial charge < -0.3 is 9.64 Å². The largest absolute Gasteiger partial charge is 0.383 e. The van der Waals surface area contributed by atoms with Gasteiger partial charge in [0.2, 0.25) is 0 Å². The average molecular weight is 287 g/mol. The minimum Gasteiger partial charge on any atom is -0.383 e. The Balaban J connectivity index is 2.26. The van der Waals surface area contributed by atoms with Crippen LogP contribution in [0.1, 0.15) is 47.2 Å². The summed E-state index contributed by atoms with van der Waals surface area (Å²) < 4.78 is 5.18. The Kier molecular flexibility index (Phi) is 5.57. The van der Waals surface area contributed by atoms with E-state index in [1.165, 1.54) is 6.42 Å². The zero-order valence-corrected chi connectivity index (χ0v) is 13.3. The highest BCUT2D eigenvalue weighted by Gasteiger charge is 2.21. The first kappa shape index (κ1) is 15.8. The Bertz CT molecular complexity index is 514. The number of benzene rings is 1. The molecular weight excluding hydrogens is 262 g/mol. The van der Waals surface area contributed by atoms with Crippen molar-refractivity contribution in [1.29, 1.82) is 0 Å². The van der Waals surface area contributed by atoms with Crippen LogP contribution in [0, 0.1) is 13.8 Å². The molecule has 1 aromatic rings. The van der Waals surface area contributed by atoms with E-state index < -0.39 is 0 Å². The molecule has 0 saturated carbocycles. The lowest BCUT2D eigenvalue weighted by atomic mass is 10.0. The van der Waals surface area contributed by atoms with E-state index in [1.807, 2.05) is 30.9 Å². The molecule has 2 rings (SSSR count). The maximum atomic E-state index is 12.9. The van der Waals surface area contributed by atoms with Crippen LogP contribution >= 0.6 is 0 Å². The number of hydrogen-bond donors (Lipinski definition) is 0. The molecular formula is C18H25NO2. The normalized spacial score (nSPS) is 14.7. The van der Waals surface area contributed by atoms with Crippen molar-refractivity contribution in [1.82, 2.24) is 4.90 Å². The van der Waals surface area contributed by atoms with E-state index in [1.54, 1.807) is 7.11 Å². The number of ether oxygens (including phenoxy) is 1. The van der Waals surface area contributed by atoms with Crippen LogP contribution in [0.15, 0.2) is 30.0 Å². The lowest BCUT2D eigenvalue weighted by Crippen LogP contribution is -2.34. The van der Waals surface area contributed by atoms with Crippen LogP contribution in [-0.4, -0.2) is 31.1 Å². The van der Waals surface area contributed by atoms with Crippen LogP contribution in [0.5, 0.6) is 0 Å². The number of carbonyl (C=O) groups is 1. The van der Waals surface area contributed by atoms with Crippen molar-refractivity contribution in [2.45, 2.75) is 39.5 Å². The monoisotopic (exact) mass is 287 g/mol. The third-order valence-corrected chi connectivity index (χ3v) is 3.85. The van der Waals surface area contributed by atoms with Gasteiger partial charge in [-0.25, -0.2) is 0 Å². The number of amides is 1. The number of methoxy groups -OCH3 is 1. The van der Waals surface area contributed by atoms with Gasteiger partial charge in [-0.15, -0.1) is 0 Å². The minimum absolute atomic E-state index is 0.0898. The summed E-state index contributed by atoms with van der Waals surface area (Å²) in [6.45, 7) is 5.24. The Hall–Kier alpha value is -1.61. The van der Waals surface area contributed by atoms with Gasteiger partial charge in [-0.1, -0.05) is 23.3 Å². The van der Waals surface area contributed by atoms with Gasteiger partial charge in [0.25, 0.3) is 5.91 Å². The molecule has 3 nitrogen and oxygen atoms in total. The van der Waals surface area contributed by atoms with E-state index in [4.69, 9.17) is 4.74 Å². The third kappa shape index (κ3) is 4.18. The lowest BCUT2D eigenvalue weighted by Gasteiger charge is -2.28. The second kappa shape index (κ2) is 7.41. The van der Waals surface area contributed by atoms with Gasteiger partial charge in [-0.2, -0.15) is 0 Å². The van der Waals surface area contributed by atoms with E-state index in [-0.39, 0.29) is 5.91 Å². The molecule has 0 fully saturated rings. The average Bonchev–Trinajstić information content (AvgIpc) is 2.47. The summed E-state index contributed by atoms with van der Waals surface area (Å²) in [5.74, 6) is 0.0898. The third-order valence-electron chi connectivity index (χ3n) is 3.85. The lowest BCUT2D eigenvalue weighted by molar-refractivity contribution is 0.0747. The van der Waals surface area contributed by atoms with E-state index in [2.05, 4.69) is 12.1 Å². The van der Waals surface area contributed by atoms with Gasteiger partial charge in [-0.05, 0) is 51.7 Å². The Labute approximate surface area is 127 Å². The highest BCUT2D eigenvalue weighted by atomic mass is 16.5. The van der Waals surface area contributed by atoms with Crippen molar-refractivity contribution in [3.05, 3.63) is 46.7 Å². The van der Waals surface area contributed by atoms with Crippen molar-refractivity contribution in [3.63, 3.8) is 0 Å². The summed E-state index contributed by atoms with van der Waals surface area (Å²) in [7, 11) is 1.68. The Morgan fingerprint density at radius 2 is 1.90 bits per heavy atom. The second-order valence-electron chi connectivity index (χ2n) is 5.77. The van der Waals surface area contributed by atoms with Gasteiger partial charge in [0, 0.05) is 24.9 Å². The summed E-state index contributed by atoms with van der Waals surface area (Å²) in [5.41, 5.74) is 4.18. The summed E-state index contributed by atoms with van der Waals surface area (Å²) >= 11 is 0. The number of allylic oxidation sites excluding steroid dienone is 2. The minimum atomic E-state index is 0.0898. The van der Waals surface area contributed by atoms with Crippen molar-refractivity contribution in [3.8, 4) is 0 Å². The molecule has 21 heavy (non-hydrogen) atoms. The second-order valence-corrected chi connectivity index (χ2v) is 5.77. The highest BCUT2D eigenvalue weighted by Crippen LogP contribution is 2.23. The van der Waals surface area contributed by atoms with Crippen molar-refractivity contribution in [2.75, 3.05) is 20.3 Å². The fourth-order valence-corrected chi connectivity index (χ4v) is 2.88. The number of aryl methyl sites for hydroxylation is 2. The highest BCUT2D eigenvalue weighted by molar-refractivity contribution is 5.95. The zero-order chi connectivity index (χ0) is 15.2. The number of rotatable bonds is 5. The summed E-state index contributed by atoms with van der Waals surface area (Å²) in [6.07, 6.45) is 6.65. The van der Waals surface area contributed by atoms with Crippen LogP contribution in [0.4, 0.5) is 0 Å². The van der Waals surface area contributed by atoms with Crippen molar-refractivity contribution in [2.24, 2.45) is 0 Å². The number of nitrogens with zero attached hydrogens (tertiary/aromatic N) is 1. The Morgan fingerprint density at radius 3 is 2.48 bits per heavy atom. The number of carbonyl (C=O) groups excluding carboxylic acids is 1. The molecule has 1 aromatic carbocycles. The van der Waals surface area contributed by atoms with Crippen molar-refractivity contribution >= 4 is 5.91 Å². The molecule has 1 amide bonds. The first-order valence-electron chi connectivity index (χ1n) is 7.70. The predicted molar refractivity (Wildman–Crippen MR) is 85.4 cm³/mol. The molecule has 3 heteroatoms. The maximum Gasteiger partial charge on any atom is 0.258 e. The van der Waals surface area contributed by atoms with Crippen LogP contribution in [-0.2, 0) is 4.74 Å². The summed E-state index contributed by atoms with van der Waals surface area (Å²) in [4.78, 5) is 14.8. The molecule has 0 bridgehead atoms. The number of hydrogen-bond acceptors (Lipinski definition) is 2. The standard InChI is InChI=1S/C18H25NO2/c1-14-11-15(2)13-16(12-14)18(20)19(9-10-21-3)17-7-5-4-6-8-17/h7,11-13H,4-6,8-10H2,1-3H3. The molecule has 1 aliphatic rings. The molecule has 114 valence electrons. The summed E-state index contributed by atoms with van der Waals surface area (Å²) in [6, 6.07) is 6.03. The molecule has 0 N–H and O–H groups in total. The van der Waals surface area contributed by atoms with Crippen molar-refractivity contribution < 1.29 is 9.53 Å².